The Morgan fingerprint density at radius 1 is 0.980 bits per heavy atom. The van der Waals surface area contributed by atoms with Gasteiger partial charge in [-0.25, -0.2) is 9.78 Å². The van der Waals surface area contributed by atoms with E-state index in [1.54, 1.807) is 29.2 Å². The minimum Gasteiger partial charge on any atom is -0.444 e. The molecule has 0 aliphatic carbocycles. The van der Waals surface area contributed by atoms with E-state index >= 15 is 0 Å². The van der Waals surface area contributed by atoms with Crippen LogP contribution in [0.3, 0.4) is 0 Å². The SMILES string of the molecule is Cc1cnc(N2CC3(CCOCC3)C2)c(C(=O)Nc2ccc(C(=O)N3CCc4cc(NC(=O)OC(C)(C)C)sc4-c4ccccc43)cc2)c1. The zero-order valence-corrected chi connectivity index (χ0v) is 29.1. The van der Waals surface area contributed by atoms with E-state index in [1.807, 2.05) is 70.3 Å². The molecule has 254 valence electrons. The molecule has 0 unspecified atom stereocenters. The molecule has 4 aromatic rings. The number of pyridine rings is 1. The number of aromatic nitrogens is 1. The molecule has 11 heteroatoms. The van der Waals surface area contributed by atoms with E-state index in [9.17, 15) is 14.4 Å². The number of aryl methyl sites for hydroxylation is 1. The maximum atomic E-state index is 14.0. The van der Waals surface area contributed by atoms with Crippen molar-refractivity contribution < 1.29 is 23.9 Å². The fourth-order valence-corrected chi connectivity index (χ4v) is 7.97. The molecule has 2 saturated heterocycles. The lowest BCUT2D eigenvalue weighted by molar-refractivity contribution is -0.000512. The molecule has 2 N–H and O–H groups in total. The van der Waals surface area contributed by atoms with Crippen LogP contribution in [0.4, 0.5) is 27.0 Å². The van der Waals surface area contributed by atoms with E-state index in [0.717, 1.165) is 66.4 Å². The van der Waals surface area contributed by atoms with Crippen LogP contribution in [0, 0.1) is 12.3 Å². The zero-order valence-electron chi connectivity index (χ0n) is 28.3. The van der Waals surface area contributed by atoms with Gasteiger partial charge in [-0.2, -0.15) is 0 Å². The Morgan fingerprint density at radius 3 is 2.45 bits per heavy atom. The number of carbonyl (C=O) groups excluding carboxylic acids is 3. The second-order valence-corrected chi connectivity index (χ2v) is 15.3. The van der Waals surface area contributed by atoms with E-state index in [0.29, 0.717) is 40.6 Å². The third kappa shape index (κ3) is 6.91. The highest BCUT2D eigenvalue weighted by atomic mass is 32.1. The Hall–Kier alpha value is -4.74. The van der Waals surface area contributed by atoms with Gasteiger partial charge in [0.2, 0.25) is 0 Å². The van der Waals surface area contributed by atoms with Gasteiger partial charge in [0.25, 0.3) is 11.8 Å². The molecule has 0 saturated carbocycles. The summed E-state index contributed by atoms with van der Waals surface area (Å²) in [6.07, 6.45) is 4.00. The van der Waals surface area contributed by atoms with Crippen molar-refractivity contribution in [2.45, 2.75) is 52.6 Å². The lowest BCUT2D eigenvalue weighted by Gasteiger charge is -2.53. The van der Waals surface area contributed by atoms with Crippen LogP contribution < -0.4 is 20.4 Å². The summed E-state index contributed by atoms with van der Waals surface area (Å²) < 4.78 is 11.0. The molecular weight excluding hydrogens is 639 g/mol. The first-order valence-electron chi connectivity index (χ1n) is 16.7. The summed E-state index contributed by atoms with van der Waals surface area (Å²) in [5, 5.41) is 6.59. The van der Waals surface area contributed by atoms with Crippen LogP contribution in [0.25, 0.3) is 10.4 Å². The number of nitrogens with one attached hydrogen (secondary N) is 2. The Morgan fingerprint density at radius 2 is 1.71 bits per heavy atom. The molecule has 7 rings (SSSR count). The normalized spacial score (nSPS) is 16.6. The summed E-state index contributed by atoms with van der Waals surface area (Å²) >= 11 is 1.47. The highest BCUT2D eigenvalue weighted by Crippen LogP contribution is 2.44. The summed E-state index contributed by atoms with van der Waals surface area (Å²) in [7, 11) is 0. The maximum absolute atomic E-state index is 14.0. The van der Waals surface area contributed by atoms with Crippen molar-refractivity contribution in [2.75, 3.05) is 53.3 Å². The van der Waals surface area contributed by atoms with Crippen molar-refractivity contribution in [1.29, 1.82) is 0 Å². The average molecular weight is 680 g/mol. The van der Waals surface area contributed by atoms with Crippen molar-refractivity contribution in [1.82, 2.24) is 4.98 Å². The number of anilines is 4. The molecule has 1 spiro atoms. The Kier molecular flexibility index (Phi) is 8.66. The molecule has 2 fully saturated rings. The minimum absolute atomic E-state index is 0.127. The summed E-state index contributed by atoms with van der Waals surface area (Å²) in [4.78, 5) is 49.6. The quantitative estimate of drug-likeness (QED) is 0.224. The number of ether oxygens (including phenoxy) is 2. The number of thiophene rings is 1. The van der Waals surface area contributed by atoms with Crippen LogP contribution in [-0.4, -0.2) is 61.3 Å². The molecule has 0 radical (unpaired) electrons. The van der Waals surface area contributed by atoms with Gasteiger partial charge in [-0.1, -0.05) is 18.2 Å². The summed E-state index contributed by atoms with van der Waals surface area (Å²) in [5.41, 5.74) is 5.03. The number of carbonyl (C=O) groups is 3. The predicted octanol–water partition coefficient (Wildman–Crippen LogP) is 7.54. The number of hydrogen-bond acceptors (Lipinski definition) is 8. The van der Waals surface area contributed by atoms with Crippen LogP contribution in [0.15, 0.2) is 66.9 Å². The lowest BCUT2D eigenvalue weighted by atomic mass is 9.73. The molecule has 2 aromatic heterocycles. The summed E-state index contributed by atoms with van der Waals surface area (Å²) in [6.45, 7) is 11.2. The third-order valence-electron chi connectivity index (χ3n) is 9.27. The summed E-state index contributed by atoms with van der Waals surface area (Å²) in [6, 6.07) is 18.7. The first-order valence-corrected chi connectivity index (χ1v) is 17.5. The van der Waals surface area contributed by atoms with Gasteiger partial charge in [0.1, 0.15) is 11.4 Å². The molecule has 5 heterocycles. The smallest absolute Gasteiger partial charge is 0.412 e. The van der Waals surface area contributed by atoms with Gasteiger partial charge in [-0.15, -0.1) is 11.3 Å². The van der Waals surface area contributed by atoms with Gasteiger partial charge in [0, 0.05) is 66.2 Å². The molecule has 0 bridgehead atoms. The van der Waals surface area contributed by atoms with E-state index < -0.39 is 11.7 Å². The van der Waals surface area contributed by atoms with Crippen LogP contribution in [-0.2, 0) is 15.9 Å². The van der Waals surface area contributed by atoms with Crippen LogP contribution in [0.5, 0.6) is 0 Å². The highest BCUT2D eigenvalue weighted by Gasteiger charge is 2.45. The molecule has 49 heavy (non-hydrogen) atoms. The van der Waals surface area contributed by atoms with E-state index in [-0.39, 0.29) is 17.2 Å². The third-order valence-corrected chi connectivity index (χ3v) is 10.4. The number of nitrogens with zero attached hydrogens (tertiary/aromatic N) is 3. The molecule has 3 aliphatic rings. The van der Waals surface area contributed by atoms with Gasteiger partial charge in [0.05, 0.1) is 16.3 Å². The second-order valence-electron chi connectivity index (χ2n) is 14.2. The standard InChI is InChI=1S/C38H41N5O5S/c1-24-19-29(33(39-21-24)42-22-38(23-42)14-17-47-18-15-38)34(44)40-27-11-9-25(10-12-27)35(45)43-16-13-26-20-31(41-36(46)48-37(2,3)4)49-32(26)28-7-5-6-8-30(28)43/h5-12,19-21H,13-18,22-23H2,1-4H3,(H,40,44)(H,41,46). The first kappa shape index (κ1) is 32.8. The van der Waals surface area contributed by atoms with E-state index in [4.69, 9.17) is 9.47 Å². The van der Waals surface area contributed by atoms with Crippen molar-refractivity contribution in [3.05, 3.63) is 89.1 Å². The van der Waals surface area contributed by atoms with Crippen LogP contribution >= 0.6 is 11.3 Å². The molecule has 0 atom stereocenters. The molecule has 3 aliphatic heterocycles. The van der Waals surface area contributed by atoms with Gasteiger partial charge >= 0.3 is 6.09 Å². The molecular formula is C38H41N5O5S. The second kappa shape index (κ2) is 12.9. The largest absolute Gasteiger partial charge is 0.444 e. The van der Waals surface area contributed by atoms with Crippen molar-refractivity contribution in [3.8, 4) is 10.4 Å². The molecule has 2 aromatic carbocycles. The Balaban J connectivity index is 1.05. The first-order chi connectivity index (χ1) is 23.5. The molecule has 10 nitrogen and oxygen atoms in total. The fourth-order valence-electron chi connectivity index (χ4n) is 6.84. The van der Waals surface area contributed by atoms with Gasteiger partial charge in [0.15, 0.2) is 0 Å². The Bertz CT molecular complexity index is 1900. The number of para-hydroxylation sites is 1. The number of hydrogen-bond donors (Lipinski definition) is 2. The number of fused-ring (bicyclic) bond motifs is 3. The monoisotopic (exact) mass is 679 g/mol. The van der Waals surface area contributed by atoms with E-state index in [1.165, 1.54) is 11.3 Å². The predicted molar refractivity (Wildman–Crippen MR) is 193 cm³/mol. The summed E-state index contributed by atoms with van der Waals surface area (Å²) in [5.74, 6) is 0.344. The fraction of sp³-hybridized carbons (Fsp3) is 0.368. The molecule has 3 amide bonds. The minimum atomic E-state index is -0.597. The topological polar surface area (TPSA) is 113 Å². The van der Waals surface area contributed by atoms with Crippen LogP contribution in [0.2, 0.25) is 0 Å². The zero-order chi connectivity index (χ0) is 34.3. The average Bonchev–Trinajstić information content (AvgIpc) is 3.38. The maximum Gasteiger partial charge on any atom is 0.412 e. The van der Waals surface area contributed by atoms with Gasteiger partial charge in [-0.05, 0) is 101 Å². The lowest BCUT2D eigenvalue weighted by Crippen LogP contribution is -2.59. The van der Waals surface area contributed by atoms with Crippen molar-refractivity contribution in [2.24, 2.45) is 5.41 Å². The van der Waals surface area contributed by atoms with Crippen molar-refractivity contribution >= 4 is 51.4 Å². The number of benzene rings is 2. The number of amides is 3. The van der Waals surface area contributed by atoms with Gasteiger partial charge < -0.3 is 24.6 Å². The van der Waals surface area contributed by atoms with Crippen molar-refractivity contribution in [3.63, 3.8) is 0 Å². The highest BCUT2D eigenvalue weighted by molar-refractivity contribution is 7.19. The van der Waals surface area contributed by atoms with Crippen LogP contribution in [0.1, 0.15) is 65.5 Å². The van der Waals surface area contributed by atoms with E-state index in [2.05, 4.69) is 20.5 Å². The number of rotatable bonds is 5. The van der Waals surface area contributed by atoms with Gasteiger partial charge in [-0.3, -0.25) is 14.9 Å². The Labute approximate surface area is 290 Å².